The minimum absolute atomic E-state index is 0.527. The first kappa shape index (κ1) is 47.4. The van der Waals surface area contributed by atoms with Crippen LogP contribution in [0.5, 0.6) is 0 Å². The van der Waals surface area contributed by atoms with Crippen LogP contribution in [-0.4, -0.2) is 0 Å². The van der Waals surface area contributed by atoms with E-state index in [9.17, 15) is 0 Å². The second kappa shape index (κ2) is 38.7. The van der Waals surface area contributed by atoms with E-state index in [4.69, 9.17) is 6.42 Å². The lowest BCUT2D eigenvalue weighted by molar-refractivity contribution is 0.200. The Bertz CT molecular complexity index is 410. The molecule has 0 heteroatoms. The van der Waals surface area contributed by atoms with E-state index < -0.39 is 0 Å². The van der Waals surface area contributed by atoms with Crippen LogP contribution in [-0.2, 0) is 0 Å². The first-order valence-electron chi connectivity index (χ1n) is 17.5. The summed E-state index contributed by atoms with van der Waals surface area (Å²) in [7, 11) is 0. The highest BCUT2D eigenvalue weighted by atomic mass is 14.3. The molecule has 0 aliphatic rings. The van der Waals surface area contributed by atoms with Gasteiger partial charge in [-0.2, -0.15) is 0 Å². The van der Waals surface area contributed by atoms with Gasteiger partial charge in [0, 0.05) is 5.92 Å². The third kappa shape index (κ3) is 33.6. The summed E-state index contributed by atoms with van der Waals surface area (Å²) in [5.41, 5.74) is 0. The van der Waals surface area contributed by atoms with Crippen LogP contribution in [0.25, 0.3) is 0 Å². The Labute approximate surface area is 247 Å². The van der Waals surface area contributed by atoms with Gasteiger partial charge < -0.3 is 0 Å². The quantitative estimate of drug-likeness (QED) is 0.171. The van der Waals surface area contributed by atoms with Crippen LogP contribution in [0.15, 0.2) is 0 Å². The van der Waals surface area contributed by atoms with Crippen molar-refractivity contribution in [1.82, 2.24) is 0 Å². The van der Waals surface area contributed by atoms with Gasteiger partial charge in [-0.1, -0.05) is 181 Å². The van der Waals surface area contributed by atoms with Gasteiger partial charge in [0.05, 0.1) is 0 Å². The molecule has 0 saturated carbocycles. The van der Waals surface area contributed by atoms with Crippen molar-refractivity contribution < 1.29 is 0 Å². The second-order valence-electron chi connectivity index (χ2n) is 12.0. The van der Waals surface area contributed by atoms with Gasteiger partial charge in [0.2, 0.25) is 0 Å². The molecule has 0 bridgehead atoms. The lowest BCUT2D eigenvalue weighted by Crippen LogP contribution is -2.21. The Balaban J connectivity index is -0.000000149. The molecule has 0 saturated heterocycles. The maximum Gasteiger partial charge on any atom is 0.0200 e. The monoisotopic (exact) mass is 539 g/mol. The fourth-order valence-corrected chi connectivity index (χ4v) is 4.73. The van der Waals surface area contributed by atoms with Crippen molar-refractivity contribution in [3.8, 4) is 12.3 Å². The first-order chi connectivity index (χ1) is 18.0. The van der Waals surface area contributed by atoms with Gasteiger partial charge in [0.25, 0.3) is 0 Å². The lowest BCUT2D eigenvalue weighted by Gasteiger charge is -2.30. The Hall–Kier alpha value is -0.440. The molecule has 0 rings (SSSR count). The fraction of sp³-hybridized carbons (Fsp3) is 0.947. The minimum Gasteiger partial charge on any atom is -0.120 e. The highest BCUT2D eigenvalue weighted by molar-refractivity contribution is 4.92. The number of hydrogen-bond acceptors (Lipinski definition) is 0. The fourth-order valence-electron chi connectivity index (χ4n) is 4.73. The van der Waals surface area contributed by atoms with Crippen LogP contribution in [0.1, 0.15) is 194 Å². The standard InChI is InChI=1S/C17H32.C12H26.C4H10.C3H8.C2H6/c1-6-11-16(9-4)13-10-14-17(12-7-2)15(5)8-3;1-7-8-12(10(4)5)11(6)9(2)3;1-3-4-2;1-3-2;1-2/h4,15-17H,6-8,10-14H2,1-3,5H3;9-12H,7-8H2,1-6H3;3-4H2,1-2H3;3H2,1-2H3;1-2H3. The largest absolute Gasteiger partial charge is 0.120 e. The Kier molecular flexibility index (Phi) is 48.2. The van der Waals surface area contributed by atoms with Crippen LogP contribution in [0.3, 0.4) is 0 Å². The molecular formula is C38H82. The van der Waals surface area contributed by atoms with Gasteiger partial charge >= 0.3 is 0 Å². The van der Waals surface area contributed by atoms with Crippen molar-refractivity contribution in [2.45, 2.75) is 194 Å². The molecule has 0 amide bonds. The van der Waals surface area contributed by atoms with Crippen LogP contribution in [0.2, 0.25) is 0 Å². The third-order valence-electron chi connectivity index (χ3n) is 7.81. The zero-order valence-corrected chi connectivity index (χ0v) is 30.3. The van der Waals surface area contributed by atoms with Gasteiger partial charge in [-0.15, -0.1) is 12.3 Å². The van der Waals surface area contributed by atoms with Crippen molar-refractivity contribution in [3.63, 3.8) is 0 Å². The molecule has 5 atom stereocenters. The van der Waals surface area contributed by atoms with E-state index in [0.717, 1.165) is 35.5 Å². The molecule has 0 N–H and O–H groups in total. The van der Waals surface area contributed by atoms with Crippen LogP contribution in [0.4, 0.5) is 0 Å². The van der Waals surface area contributed by atoms with E-state index in [0.29, 0.717) is 5.92 Å². The summed E-state index contributed by atoms with van der Waals surface area (Å²) in [6.07, 6.45) is 22.6. The summed E-state index contributed by atoms with van der Waals surface area (Å²) in [4.78, 5) is 0. The van der Waals surface area contributed by atoms with Gasteiger partial charge in [-0.25, -0.2) is 0 Å². The minimum atomic E-state index is 0.527. The van der Waals surface area contributed by atoms with Crippen LogP contribution in [0, 0.1) is 53.8 Å². The normalized spacial score (nSPS) is 14.0. The van der Waals surface area contributed by atoms with Gasteiger partial charge in [-0.3, -0.25) is 0 Å². The molecule has 0 nitrogen and oxygen atoms in total. The number of rotatable bonds is 16. The molecule has 0 aliphatic carbocycles. The van der Waals surface area contributed by atoms with Crippen molar-refractivity contribution in [1.29, 1.82) is 0 Å². The molecule has 0 aliphatic heterocycles. The summed E-state index contributed by atoms with van der Waals surface area (Å²) >= 11 is 0. The summed E-state index contributed by atoms with van der Waals surface area (Å²) in [5, 5.41) is 0. The molecular weight excluding hydrogens is 456 g/mol. The number of unbranched alkanes of at least 4 members (excludes halogenated alkanes) is 1. The highest BCUT2D eigenvalue weighted by Gasteiger charge is 2.22. The number of terminal acetylenes is 1. The summed E-state index contributed by atoms with van der Waals surface area (Å²) < 4.78 is 0. The van der Waals surface area contributed by atoms with Crippen LogP contribution >= 0.6 is 0 Å². The first-order valence-corrected chi connectivity index (χ1v) is 17.5. The topological polar surface area (TPSA) is 0 Å². The second-order valence-corrected chi connectivity index (χ2v) is 12.0. The zero-order chi connectivity index (χ0) is 30.9. The molecule has 234 valence electrons. The highest BCUT2D eigenvalue weighted by Crippen LogP contribution is 2.30. The zero-order valence-electron chi connectivity index (χ0n) is 30.3. The third-order valence-corrected chi connectivity index (χ3v) is 7.81. The summed E-state index contributed by atoms with van der Waals surface area (Å²) in [5.74, 6) is 8.77. The van der Waals surface area contributed by atoms with Crippen LogP contribution < -0.4 is 0 Å². The lowest BCUT2D eigenvalue weighted by atomic mass is 9.76. The molecule has 0 aromatic rings. The Morgan fingerprint density at radius 1 is 0.553 bits per heavy atom. The van der Waals surface area contributed by atoms with Crippen molar-refractivity contribution in [2.24, 2.45) is 41.4 Å². The Morgan fingerprint density at radius 3 is 1.29 bits per heavy atom. The SMILES string of the molecule is C#CC(CCC)CCCC(CCC)C(C)CC.CC.CCC.CCCC.CCCC(C(C)C)C(C)C(C)C. The van der Waals surface area contributed by atoms with Gasteiger partial charge in [0.15, 0.2) is 0 Å². The molecule has 0 fully saturated rings. The average Bonchev–Trinajstić information content (AvgIpc) is 2.91. The van der Waals surface area contributed by atoms with Crippen molar-refractivity contribution in [2.75, 3.05) is 0 Å². The molecule has 38 heavy (non-hydrogen) atoms. The van der Waals surface area contributed by atoms with Gasteiger partial charge in [0.1, 0.15) is 0 Å². The maximum atomic E-state index is 5.57. The Morgan fingerprint density at radius 2 is 1.00 bits per heavy atom. The molecule has 5 unspecified atom stereocenters. The summed E-state index contributed by atoms with van der Waals surface area (Å²) in [6.45, 7) is 36.0. The van der Waals surface area contributed by atoms with E-state index in [2.05, 4.69) is 103 Å². The molecule has 0 aromatic heterocycles. The van der Waals surface area contributed by atoms with E-state index in [1.54, 1.807) is 0 Å². The predicted molar refractivity (Wildman–Crippen MR) is 184 cm³/mol. The van der Waals surface area contributed by atoms with E-state index >= 15 is 0 Å². The van der Waals surface area contributed by atoms with E-state index in [-0.39, 0.29) is 0 Å². The smallest absolute Gasteiger partial charge is 0.0200 e. The van der Waals surface area contributed by atoms with E-state index in [1.165, 1.54) is 83.5 Å². The summed E-state index contributed by atoms with van der Waals surface area (Å²) in [6, 6.07) is 0. The predicted octanol–water partition coefficient (Wildman–Crippen LogP) is 14.3. The molecule has 0 aromatic carbocycles. The maximum absolute atomic E-state index is 5.57. The van der Waals surface area contributed by atoms with Crippen molar-refractivity contribution in [3.05, 3.63) is 0 Å². The molecule has 0 spiro atoms. The average molecular weight is 539 g/mol. The number of hydrogen-bond donors (Lipinski definition) is 0. The molecule has 0 radical (unpaired) electrons. The van der Waals surface area contributed by atoms with Gasteiger partial charge in [-0.05, 0) is 48.3 Å². The van der Waals surface area contributed by atoms with E-state index in [1.807, 2.05) is 13.8 Å². The van der Waals surface area contributed by atoms with Crippen molar-refractivity contribution >= 4 is 0 Å². The molecule has 0 heterocycles.